The number of carbonyl (C=O) groups is 1. The molecular weight excluding hydrogens is 310 g/mol. The Morgan fingerprint density at radius 1 is 1.39 bits per heavy atom. The molecule has 3 rings (SSSR count). The van der Waals surface area contributed by atoms with Crippen molar-refractivity contribution in [2.45, 2.75) is 26.3 Å². The van der Waals surface area contributed by atoms with Crippen LogP contribution in [0.4, 0.5) is 0 Å². The van der Waals surface area contributed by atoms with Gasteiger partial charge in [0, 0.05) is 12.4 Å². The number of hydrogen-bond acceptors (Lipinski definition) is 5. The zero-order valence-electron chi connectivity index (χ0n) is 12.9. The van der Waals surface area contributed by atoms with Gasteiger partial charge in [0.2, 0.25) is 0 Å². The molecule has 1 unspecified atom stereocenters. The summed E-state index contributed by atoms with van der Waals surface area (Å²) in [6.07, 6.45) is 4.22. The topological polar surface area (TPSA) is 68.0 Å². The number of hydrogen-bond donors (Lipinski definition) is 1. The highest BCUT2D eigenvalue weighted by Gasteiger charge is 2.22. The second kappa shape index (κ2) is 6.75. The fraction of sp³-hybridized carbons (Fsp3) is 0.235. The van der Waals surface area contributed by atoms with Crippen LogP contribution in [-0.4, -0.2) is 16.0 Å². The van der Waals surface area contributed by atoms with Crippen molar-refractivity contribution in [2.75, 3.05) is 0 Å². The van der Waals surface area contributed by atoms with Gasteiger partial charge < -0.3 is 9.84 Å². The zero-order valence-corrected chi connectivity index (χ0v) is 13.8. The SMILES string of the molecule is Cc1noc(C)c1C(=O)NC(Cc1ccsc1)c1cccnc1. The summed E-state index contributed by atoms with van der Waals surface area (Å²) in [6.45, 7) is 3.51. The lowest BCUT2D eigenvalue weighted by atomic mass is 10.0. The summed E-state index contributed by atoms with van der Waals surface area (Å²) in [4.78, 5) is 16.8. The highest BCUT2D eigenvalue weighted by atomic mass is 32.1. The Balaban J connectivity index is 1.85. The lowest BCUT2D eigenvalue weighted by Gasteiger charge is -2.18. The van der Waals surface area contributed by atoms with Crippen LogP contribution in [0.15, 0.2) is 45.9 Å². The van der Waals surface area contributed by atoms with Crippen LogP contribution in [0.25, 0.3) is 0 Å². The number of aromatic nitrogens is 2. The van der Waals surface area contributed by atoms with Crippen LogP contribution in [0.5, 0.6) is 0 Å². The van der Waals surface area contributed by atoms with E-state index in [0.717, 1.165) is 5.56 Å². The number of amides is 1. The van der Waals surface area contributed by atoms with Crippen LogP contribution in [-0.2, 0) is 6.42 Å². The van der Waals surface area contributed by atoms with Crippen LogP contribution < -0.4 is 5.32 Å². The molecule has 1 atom stereocenters. The fourth-order valence-electron chi connectivity index (χ4n) is 2.52. The Morgan fingerprint density at radius 2 is 2.26 bits per heavy atom. The van der Waals surface area contributed by atoms with E-state index in [2.05, 4.69) is 26.9 Å². The first kappa shape index (κ1) is 15.4. The number of nitrogens with one attached hydrogen (secondary N) is 1. The molecule has 0 aliphatic rings. The van der Waals surface area contributed by atoms with E-state index < -0.39 is 0 Å². The molecule has 0 aromatic carbocycles. The van der Waals surface area contributed by atoms with E-state index in [1.807, 2.05) is 17.5 Å². The molecule has 3 aromatic heterocycles. The molecule has 0 radical (unpaired) electrons. The van der Waals surface area contributed by atoms with Gasteiger partial charge >= 0.3 is 0 Å². The van der Waals surface area contributed by atoms with Crippen LogP contribution in [0.1, 0.15) is 39.0 Å². The Kier molecular flexibility index (Phi) is 4.52. The van der Waals surface area contributed by atoms with Crippen molar-refractivity contribution in [3.05, 3.63) is 69.5 Å². The van der Waals surface area contributed by atoms with Crippen molar-refractivity contribution in [1.82, 2.24) is 15.5 Å². The van der Waals surface area contributed by atoms with Gasteiger partial charge in [-0.1, -0.05) is 11.2 Å². The highest BCUT2D eigenvalue weighted by Crippen LogP contribution is 2.21. The van der Waals surface area contributed by atoms with Crippen LogP contribution >= 0.6 is 11.3 Å². The molecule has 3 heterocycles. The maximum absolute atomic E-state index is 12.6. The summed E-state index contributed by atoms with van der Waals surface area (Å²) in [5.74, 6) is 0.353. The third kappa shape index (κ3) is 3.48. The molecule has 3 aromatic rings. The van der Waals surface area contributed by atoms with Gasteiger partial charge in [-0.05, 0) is 54.3 Å². The van der Waals surface area contributed by atoms with E-state index >= 15 is 0 Å². The van der Waals surface area contributed by atoms with Gasteiger partial charge in [-0.2, -0.15) is 11.3 Å². The van der Waals surface area contributed by atoms with E-state index in [4.69, 9.17) is 4.52 Å². The van der Waals surface area contributed by atoms with Crippen molar-refractivity contribution < 1.29 is 9.32 Å². The molecule has 1 amide bonds. The third-order valence-corrected chi connectivity index (χ3v) is 4.40. The molecule has 118 valence electrons. The molecule has 0 bridgehead atoms. The van der Waals surface area contributed by atoms with Crippen molar-refractivity contribution in [2.24, 2.45) is 0 Å². The standard InChI is InChI=1S/C17H17N3O2S/c1-11-16(12(2)22-20-11)17(21)19-15(8-13-5-7-23-10-13)14-4-3-6-18-9-14/h3-7,9-10,15H,8H2,1-2H3,(H,19,21). The quantitative estimate of drug-likeness (QED) is 0.779. The summed E-state index contributed by atoms with van der Waals surface area (Å²) in [6, 6.07) is 5.76. The zero-order chi connectivity index (χ0) is 16.2. The number of rotatable bonds is 5. The predicted octanol–water partition coefficient (Wildman–Crippen LogP) is 3.46. The van der Waals surface area contributed by atoms with Crippen molar-refractivity contribution >= 4 is 17.2 Å². The molecular formula is C17H17N3O2S. The smallest absolute Gasteiger partial charge is 0.257 e. The summed E-state index contributed by atoms with van der Waals surface area (Å²) in [7, 11) is 0. The van der Waals surface area contributed by atoms with Gasteiger partial charge in [-0.3, -0.25) is 9.78 Å². The first-order chi connectivity index (χ1) is 11.1. The molecule has 0 fully saturated rings. The molecule has 1 N–H and O–H groups in total. The van der Waals surface area contributed by atoms with Gasteiger partial charge in [-0.15, -0.1) is 0 Å². The molecule has 0 aliphatic carbocycles. The number of pyridine rings is 1. The van der Waals surface area contributed by atoms with E-state index in [1.54, 1.807) is 37.6 Å². The maximum Gasteiger partial charge on any atom is 0.257 e. The average Bonchev–Trinajstić information content (AvgIpc) is 3.17. The summed E-state index contributed by atoms with van der Waals surface area (Å²) in [5, 5.41) is 11.1. The van der Waals surface area contributed by atoms with Gasteiger partial charge in [0.25, 0.3) is 5.91 Å². The molecule has 0 saturated carbocycles. The van der Waals surface area contributed by atoms with Gasteiger partial charge in [0.05, 0.1) is 11.7 Å². The minimum absolute atomic E-state index is 0.153. The summed E-state index contributed by atoms with van der Waals surface area (Å²) in [5.41, 5.74) is 3.26. The first-order valence-electron chi connectivity index (χ1n) is 7.30. The monoisotopic (exact) mass is 327 g/mol. The number of carbonyl (C=O) groups excluding carboxylic acids is 1. The normalized spacial score (nSPS) is 12.1. The fourth-order valence-corrected chi connectivity index (χ4v) is 3.20. The molecule has 6 heteroatoms. The average molecular weight is 327 g/mol. The van der Waals surface area contributed by atoms with Gasteiger partial charge in [-0.25, -0.2) is 0 Å². The number of aryl methyl sites for hydroxylation is 2. The molecule has 0 saturated heterocycles. The van der Waals surface area contributed by atoms with Crippen LogP contribution in [0.2, 0.25) is 0 Å². The van der Waals surface area contributed by atoms with Gasteiger partial charge in [0.15, 0.2) is 0 Å². The van der Waals surface area contributed by atoms with E-state index in [0.29, 0.717) is 23.4 Å². The maximum atomic E-state index is 12.6. The number of nitrogens with zero attached hydrogens (tertiary/aromatic N) is 2. The second-order valence-electron chi connectivity index (χ2n) is 5.35. The van der Waals surface area contributed by atoms with E-state index in [1.165, 1.54) is 5.56 Å². The number of thiophene rings is 1. The summed E-state index contributed by atoms with van der Waals surface area (Å²) >= 11 is 1.64. The van der Waals surface area contributed by atoms with E-state index in [9.17, 15) is 4.79 Å². The van der Waals surface area contributed by atoms with Crippen molar-refractivity contribution in [3.8, 4) is 0 Å². The lowest BCUT2D eigenvalue weighted by molar-refractivity contribution is 0.0934. The third-order valence-electron chi connectivity index (χ3n) is 3.67. The predicted molar refractivity (Wildman–Crippen MR) is 88.4 cm³/mol. The minimum atomic E-state index is -0.176. The molecule has 5 nitrogen and oxygen atoms in total. The largest absolute Gasteiger partial charge is 0.361 e. The van der Waals surface area contributed by atoms with Crippen molar-refractivity contribution in [3.63, 3.8) is 0 Å². The van der Waals surface area contributed by atoms with Crippen molar-refractivity contribution in [1.29, 1.82) is 0 Å². The Hall–Kier alpha value is -2.47. The minimum Gasteiger partial charge on any atom is -0.361 e. The highest BCUT2D eigenvalue weighted by molar-refractivity contribution is 7.07. The second-order valence-corrected chi connectivity index (χ2v) is 6.13. The van der Waals surface area contributed by atoms with E-state index in [-0.39, 0.29) is 11.9 Å². The van der Waals surface area contributed by atoms with Crippen LogP contribution in [0.3, 0.4) is 0 Å². The Labute approximate surface area is 138 Å². The molecule has 0 spiro atoms. The van der Waals surface area contributed by atoms with Gasteiger partial charge in [0.1, 0.15) is 11.3 Å². The Morgan fingerprint density at radius 3 is 2.87 bits per heavy atom. The lowest BCUT2D eigenvalue weighted by Crippen LogP contribution is -2.30. The van der Waals surface area contributed by atoms with Crippen LogP contribution in [0, 0.1) is 13.8 Å². The molecule has 23 heavy (non-hydrogen) atoms. The Bertz CT molecular complexity index is 762. The first-order valence-corrected chi connectivity index (χ1v) is 8.24. The summed E-state index contributed by atoms with van der Waals surface area (Å²) < 4.78 is 5.09. The molecule has 0 aliphatic heterocycles.